The monoisotopic (exact) mass is 269 g/mol. The average Bonchev–Trinajstić information content (AvgIpc) is 2.12. The van der Waals surface area contributed by atoms with Crippen molar-refractivity contribution in [3.63, 3.8) is 0 Å². The fraction of sp³-hybridized carbons (Fsp3) is 0.750. The van der Waals surface area contributed by atoms with E-state index in [2.05, 4.69) is 0 Å². The van der Waals surface area contributed by atoms with Gasteiger partial charge in [0.2, 0.25) is 0 Å². The summed E-state index contributed by atoms with van der Waals surface area (Å²) in [5.41, 5.74) is 0. The Morgan fingerprint density at radius 2 is 1.13 bits per heavy atom. The first-order chi connectivity index (χ1) is 6.54. The molecule has 0 saturated heterocycles. The number of carboxylic acid groups (broad SMARTS) is 2. The fourth-order valence-electron chi connectivity index (χ4n) is 0.447. The van der Waals surface area contributed by atoms with Gasteiger partial charge in [-0.1, -0.05) is 0 Å². The van der Waals surface area contributed by atoms with Gasteiger partial charge in [0.25, 0.3) is 0 Å². The zero-order chi connectivity index (χ0) is 11.4. The van der Waals surface area contributed by atoms with Gasteiger partial charge >= 0.3 is 17.1 Å². The van der Waals surface area contributed by atoms with Crippen molar-refractivity contribution >= 4 is 11.9 Å². The number of carbonyl (C=O) groups is 2. The molecule has 0 aliphatic rings. The van der Waals surface area contributed by atoms with Crippen LogP contribution in [-0.2, 0) is 26.7 Å². The van der Waals surface area contributed by atoms with Crippen molar-refractivity contribution in [1.82, 2.24) is 0 Å². The van der Waals surface area contributed by atoms with Crippen molar-refractivity contribution in [3.05, 3.63) is 0 Å². The number of aliphatic hydroxyl groups is 2. The molecule has 0 aliphatic carbocycles. The zero-order valence-electron chi connectivity index (χ0n) is 8.07. The molecule has 0 heterocycles. The number of hydrogen-bond acceptors (Lipinski definition) is 6. The van der Waals surface area contributed by atoms with Gasteiger partial charge in [0, 0.05) is 25.2 Å². The maximum atomic E-state index is 9.54. The second-order valence-electron chi connectivity index (χ2n) is 2.40. The van der Waals surface area contributed by atoms with Crippen LogP contribution in [0.3, 0.4) is 0 Å². The SMILES string of the molecule is O=C([O-])CCCO.O=C([O-])CCCO.[Cu+2]. The Morgan fingerprint density at radius 3 is 1.20 bits per heavy atom. The first kappa shape index (κ1) is 19.9. The number of rotatable bonds is 6. The summed E-state index contributed by atoms with van der Waals surface area (Å²) in [7, 11) is 0. The second kappa shape index (κ2) is 15.8. The van der Waals surface area contributed by atoms with Crippen LogP contribution < -0.4 is 10.2 Å². The van der Waals surface area contributed by atoms with E-state index >= 15 is 0 Å². The topological polar surface area (TPSA) is 121 Å². The summed E-state index contributed by atoms with van der Waals surface area (Å²) in [4.78, 5) is 19.1. The third-order valence-corrected chi connectivity index (χ3v) is 1.08. The van der Waals surface area contributed by atoms with E-state index in [1.807, 2.05) is 0 Å². The molecule has 0 saturated carbocycles. The summed E-state index contributed by atoms with van der Waals surface area (Å²) in [5, 5.41) is 35.1. The molecule has 0 amide bonds. The van der Waals surface area contributed by atoms with Crippen LogP contribution in [0.2, 0.25) is 0 Å². The smallest absolute Gasteiger partial charge is 0.550 e. The standard InChI is InChI=1S/2C4H8O3.Cu/c2*5-3-1-2-4(6)7;/h2*5H,1-3H2,(H,6,7);/q;;+2/p-2. The van der Waals surface area contributed by atoms with Gasteiger partial charge in [-0.2, -0.15) is 0 Å². The van der Waals surface area contributed by atoms with Crippen molar-refractivity contribution in [2.24, 2.45) is 0 Å². The summed E-state index contributed by atoms with van der Waals surface area (Å²) in [6.07, 6.45) is 0.498. The van der Waals surface area contributed by atoms with Crippen LogP contribution in [0.1, 0.15) is 25.7 Å². The van der Waals surface area contributed by atoms with Crippen LogP contribution in [0.15, 0.2) is 0 Å². The fourth-order valence-corrected chi connectivity index (χ4v) is 0.447. The molecule has 0 bridgehead atoms. The minimum Gasteiger partial charge on any atom is -0.550 e. The predicted octanol–water partition coefficient (Wildman–Crippen LogP) is -2.98. The molecule has 0 aromatic heterocycles. The maximum Gasteiger partial charge on any atom is 2.00 e. The Kier molecular flexibility index (Phi) is 21.0. The number of carboxylic acids is 2. The molecule has 93 valence electrons. The molecule has 0 aromatic rings. The largest absolute Gasteiger partial charge is 2.00 e. The van der Waals surface area contributed by atoms with Crippen LogP contribution in [0.25, 0.3) is 0 Å². The molecule has 6 nitrogen and oxygen atoms in total. The van der Waals surface area contributed by atoms with Crippen molar-refractivity contribution in [1.29, 1.82) is 0 Å². The molecule has 0 unspecified atom stereocenters. The molecular formula is C8H14CuO6. The van der Waals surface area contributed by atoms with E-state index in [4.69, 9.17) is 10.2 Å². The van der Waals surface area contributed by atoms with E-state index < -0.39 is 11.9 Å². The van der Waals surface area contributed by atoms with E-state index in [0.717, 1.165) is 0 Å². The molecule has 0 aliphatic heterocycles. The minimum atomic E-state index is -1.10. The molecule has 15 heavy (non-hydrogen) atoms. The Balaban J connectivity index is -0.000000180. The van der Waals surface area contributed by atoms with Gasteiger partial charge in [-0.15, -0.1) is 0 Å². The summed E-state index contributed by atoms with van der Waals surface area (Å²) in [6, 6.07) is 0. The van der Waals surface area contributed by atoms with E-state index in [-0.39, 0.29) is 43.1 Å². The summed E-state index contributed by atoms with van der Waals surface area (Å²) in [5.74, 6) is -2.21. The molecule has 2 N–H and O–H groups in total. The quantitative estimate of drug-likeness (QED) is 0.496. The summed E-state index contributed by atoms with van der Waals surface area (Å²) >= 11 is 0. The number of hydrogen-bond donors (Lipinski definition) is 2. The zero-order valence-corrected chi connectivity index (χ0v) is 9.01. The van der Waals surface area contributed by atoms with Crippen LogP contribution in [-0.4, -0.2) is 35.4 Å². The molecule has 0 atom stereocenters. The Morgan fingerprint density at radius 1 is 0.867 bits per heavy atom. The molecular weight excluding hydrogens is 256 g/mol. The van der Waals surface area contributed by atoms with Crippen molar-refractivity contribution in [2.75, 3.05) is 13.2 Å². The van der Waals surface area contributed by atoms with E-state index in [0.29, 0.717) is 12.8 Å². The Labute approximate surface area is 98.4 Å². The third kappa shape index (κ3) is 31.8. The first-order valence-corrected chi connectivity index (χ1v) is 4.16. The average molecular weight is 270 g/mol. The third-order valence-electron chi connectivity index (χ3n) is 1.08. The summed E-state index contributed by atoms with van der Waals surface area (Å²) in [6.45, 7) is -0.151. The van der Waals surface area contributed by atoms with Gasteiger partial charge < -0.3 is 30.0 Å². The molecule has 7 heteroatoms. The molecule has 0 fully saturated rings. The van der Waals surface area contributed by atoms with Gasteiger partial charge in [-0.05, 0) is 25.7 Å². The normalized spacial score (nSPS) is 8.13. The number of carbonyl (C=O) groups excluding carboxylic acids is 2. The van der Waals surface area contributed by atoms with Gasteiger partial charge in [-0.25, -0.2) is 0 Å². The van der Waals surface area contributed by atoms with Crippen LogP contribution in [0, 0.1) is 0 Å². The summed E-state index contributed by atoms with van der Waals surface area (Å²) < 4.78 is 0. The van der Waals surface area contributed by atoms with Gasteiger partial charge in [0.1, 0.15) is 0 Å². The van der Waals surface area contributed by atoms with E-state index in [1.54, 1.807) is 0 Å². The van der Waals surface area contributed by atoms with Crippen LogP contribution in [0.5, 0.6) is 0 Å². The van der Waals surface area contributed by atoms with Crippen molar-refractivity contribution in [2.45, 2.75) is 25.7 Å². The maximum absolute atomic E-state index is 9.54. The van der Waals surface area contributed by atoms with Crippen molar-refractivity contribution in [3.8, 4) is 0 Å². The van der Waals surface area contributed by atoms with E-state index in [1.165, 1.54) is 0 Å². The molecule has 0 spiro atoms. The predicted molar refractivity (Wildman–Crippen MR) is 42.7 cm³/mol. The van der Waals surface area contributed by atoms with E-state index in [9.17, 15) is 19.8 Å². The van der Waals surface area contributed by atoms with Gasteiger partial charge in [0.05, 0.1) is 0 Å². The number of aliphatic hydroxyl groups excluding tert-OH is 2. The molecule has 0 rings (SSSR count). The first-order valence-electron chi connectivity index (χ1n) is 4.16. The van der Waals surface area contributed by atoms with Crippen LogP contribution in [0.4, 0.5) is 0 Å². The van der Waals surface area contributed by atoms with Gasteiger partial charge in [-0.3, -0.25) is 0 Å². The second-order valence-corrected chi connectivity index (χ2v) is 2.40. The minimum absolute atomic E-state index is 0. The van der Waals surface area contributed by atoms with Crippen molar-refractivity contribution < 1.29 is 47.1 Å². The number of aliphatic carboxylic acids is 2. The van der Waals surface area contributed by atoms with Gasteiger partial charge in [0.15, 0.2) is 0 Å². The van der Waals surface area contributed by atoms with Crippen LogP contribution >= 0.6 is 0 Å². The Hall–Kier alpha value is -0.621. The Bertz CT molecular complexity index is 143. The molecule has 0 aromatic carbocycles. The molecule has 1 radical (unpaired) electrons.